The topological polar surface area (TPSA) is 53.1 Å². The second-order valence-electron chi connectivity index (χ2n) is 7.32. The molecule has 26 heavy (non-hydrogen) atoms. The Morgan fingerprint density at radius 1 is 1.12 bits per heavy atom. The smallest absolute Gasteiger partial charge is 0.243 e. The third kappa shape index (κ3) is 5.19. The average molecular weight is 384 g/mol. The van der Waals surface area contributed by atoms with Crippen molar-refractivity contribution in [2.75, 3.05) is 46.9 Å². The van der Waals surface area contributed by atoms with Crippen LogP contribution in [0.3, 0.4) is 0 Å². The first-order valence-electron chi connectivity index (χ1n) is 9.39. The summed E-state index contributed by atoms with van der Waals surface area (Å²) in [6.07, 6.45) is 1.09. The van der Waals surface area contributed by atoms with Gasteiger partial charge in [0.2, 0.25) is 10.0 Å². The molecule has 1 saturated heterocycles. The molecule has 1 heterocycles. The maximum absolute atomic E-state index is 13.0. The van der Waals surface area contributed by atoms with E-state index in [0.29, 0.717) is 30.3 Å². The van der Waals surface area contributed by atoms with Crippen molar-refractivity contribution in [3.8, 4) is 5.75 Å². The van der Waals surface area contributed by atoms with Crippen molar-refractivity contribution in [2.45, 2.75) is 44.2 Å². The Morgan fingerprint density at radius 2 is 1.69 bits per heavy atom. The molecule has 1 aliphatic rings. The lowest BCUT2D eigenvalue weighted by Crippen LogP contribution is -2.58. The van der Waals surface area contributed by atoms with Gasteiger partial charge in [-0.05, 0) is 72.1 Å². The van der Waals surface area contributed by atoms with Gasteiger partial charge in [0.25, 0.3) is 0 Å². The van der Waals surface area contributed by atoms with Gasteiger partial charge in [-0.15, -0.1) is 0 Å². The van der Waals surface area contributed by atoms with Crippen molar-refractivity contribution in [3.05, 3.63) is 24.3 Å². The Kier molecular flexibility index (Phi) is 7.46. The predicted octanol–water partition coefficient (Wildman–Crippen LogP) is 2.12. The fourth-order valence-electron chi connectivity index (χ4n) is 3.54. The lowest BCUT2D eigenvalue weighted by Gasteiger charge is -2.44. The molecule has 0 amide bonds. The fraction of sp³-hybridized carbons (Fsp3) is 0.684. The molecule has 0 aliphatic carbocycles. The molecule has 6 nitrogen and oxygen atoms in total. The van der Waals surface area contributed by atoms with Crippen molar-refractivity contribution in [3.63, 3.8) is 0 Å². The molecule has 1 fully saturated rings. The molecule has 2 rings (SSSR count). The maximum atomic E-state index is 13.0. The van der Waals surface area contributed by atoms with Crippen molar-refractivity contribution >= 4 is 10.0 Å². The van der Waals surface area contributed by atoms with Crippen LogP contribution in [-0.2, 0) is 10.0 Å². The summed E-state index contributed by atoms with van der Waals surface area (Å²) in [5, 5.41) is 0. The van der Waals surface area contributed by atoms with Crippen LogP contribution in [-0.4, -0.2) is 81.5 Å². The Hall–Kier alpha value is -1.15. The molecule has 7 heteroatoms. The molecule has 0 radical (unpaired) electrons. The summed E-state index contributed by atoms with van der Waals surface area (Å²) in [4.78, 5) is 4.94. The van der Waals surface area contributed by atoms with Gasteiger partial charge in [-0.1, -0.05) is 0 Å². The number of nitrogens with zero attached hydrogens (tertiary/aromatic N) is 3. The Labute approximate surface area is 158 Å². The highest BCUT2D eigenvalue weighted by Crippen LogP contribution is 2.24. The summed E-state index contributed by atoms with van der Waals surface area (Å²) in [7, 11) is 0.681. The minimum atomic E-state index is -3.47. The average Bonchev–Trinajstić information content (AvgIpc) is 2.57. The molecule has 2 unspecified atom stereocenters. The first kappa shape index (κ1) is 21.2. The highest BCUT2D eigenvalue weighted by molar-refractivity contribution is 7.89. The van der Waals surface area contributed by atoms with Crippen LogP contribution in [0, 0.1) is 0 Å². The zero-order valence-electron chi connectivity index (χ0n) is 16.7. The summed E-state index contributed by atoms with van der Waals surface area (Å²) in [6.45, 7) is 9.81. The van der Waals surface area contributed by atoms with E-state index in [1.807, 2.05) is 6.92 Å². The van der Waals surface area contributed by atoms with Gasteiger partial charge in [-0.3, -0.25) is 4.90 Å². The minimum Gasteiger partial charge on any atom is -0.494 e. The van der Waals surface area contributed by atoms with Crippen LogP contribution in [0.5, 0.6) is 5.75 Å². The van der Waals surface area contributed by atoms with Crippen LogP contribution < -0.4 is 4.74 Å². The highest BCUT2D eigenvalue weighted by Gasteiger charge is 2.35. The summed E-state index contributed by atoms with van der Waals surface area (Å²) in [6, 6.07) is 7.14. The Morgan fingerprint density at radius 3 is 2.19 bits per heavy atom. The van der Waals surface area contributed by atoms with Gasteiger partial charge in [0.05, 0.1) is 11.5 Å². The molecule has 0 spiro atoms. The van der Waals surface area contributed by atoms with Gasteiger partial charge >= 0.3 is 0 Å². The molecule has 0 N–H and O–H groups in total. The molecule has 1 aromatic carbocycles. The Balaban J connectivity index is 2.05. The number of ether oxygens (including phenoxy) is 1. The van der Waals surface area contributed by atoms with Crippen molar-refractivity contribution in [1.29, 1.82) is 0 Å². The van der Waals surface area contributed by atoms with E-state index in [2.05, 4.69) is 37.7 Å². The van der Waals surface area contributed by atoms with E-state index in [4.69, 9.17) is 4.74 Å². The SMILES string of the molecule is CCOc1ccc(S(=O)(=O)N2CC(C)N(CCCN(C)C)C(C)C2)cc1. The molecular weight excluding hydrogens is 350 g/mol. The third-order valence-electron chi connectivity index (χ3n) is 4.86. The Bertz CT molecular complexity index is 649. The van der Waals surface area contributed by atoms with Gasteiger partial charge in [0, 0.05) is 31.7 Å². The standard InChI is InChI=1S/C19H33N3O3S/c1-6-25-18-8-10-19(11-9-18)26(23,24)21-14-16(2)22(17(3)15-21)13-7-12-20(4)5/h8-11,16-17H,6-7,12-15H2,1-5H3. The highest BCUT2D eigenvalue weighted by atomic mass is 32.2. The van der Waals surface area contributed by atoms with Crippen LogP contribution in [0.4, 0.5) is 0 Å². The number of benzene rings is 1. The van der Waals surface area contributed by atoms with Crippen LogP contribution in [0.25, 0.3) is 0 Å². The summed E-state index contributed by atoms with van der Waals surface area (Å²) >= 11 is 0. The molecule has 1 aromatic rings. The van der Waals surface area contributed by atoms with E-state index in [1.165, 1.54) is 0 Å². The van der Waals surface area contributed by atoms with Gasteiger partial charge < -0.3 is 9.64 Å². The first-order valence-corrected chi connectivity index (χ1v) is 10.8. The van der Waals surface area contributed by atoms with Crippen molar-refractivity contribution in [2.24, 2.45) is 0 Å². The molecule has 2 atom stereocenters. The number of hydrogen-bond acceptors (Lipinski definition) is 5. The van der Waals surface area contributed by atoms with Crippen molar-refractivity contribution < 1.29 is 13.2 Å². The van der Waals surface area contributed by atoms with Gasteiger partial charge in [-0.2, -0.15) is 4.31 Å². The quantitative estimate of drug-likeness (QED) is 0.688. The number of rotatable bonds is 8. The minimum absolute atomic E-state index is 0.207. The molecular formula is C19H33N3O3S. The third-order valence-corrected chi connectivity index (χ3v) is 6.71. The molecule has 1 aliphatic heterocycles. The van der Waals surface area contributed by atoms with Gasteiger partial charge in [0.1, 0.15) is 5.75 Å². The summed E-state index contributed by atoms with van der Waals surface area (Å²) in [5.41, 5.74) is 0. The second kappa shape index (κ2) is 9.17. The molecule has 0 bridgehead atoms. The number of sulfonamides is 1. The van der Waals surface area contributed by atoms with E-state index in [9.17, 15) is 8.42 Å². The fourth-order valence-corrected chi connectivity index (χ4v) is 5.14. The van der Waals surface area contributed by atoms with E-state index in [-0.39, 0.29) is 12.1 Å². The number of hydrogen-bond donors (Lipinski definition) is 0. The van der Waals surface area contributed by atoms with Crippen LogP contribution in [0.1, 0.15) is 27.2 Å². The summed E-state index contributed by atoms with van der Waals surface area (Å²) in [5.74, 6) is 0.693. The van der Waals surface area contributed by atoms with E-state index in [0.717, 1.165) is 19.5 Å². The van der Waals surface area contributed by atoms with E-state index < -0.39 is 10.0 Å². The maximum Gasteiger partial charge on any atom is 0.243 e. The normalized spacial score (nSPS) is 22.7. The second-order valence-corrected chi connectivity index (χ2v) is 9.26. The molecule has 0 aromatic heterocycles. The zero-order valence-corrected chi connectivity index (χ0v) is 17.5. The predicted molar refractivity (Wildman–Crippen MR) is 105 cm³/mol. The molecule has 0 saturated carbocycles. The monoisotopic (exact) mass is 383 g/mol. The molecule has 148 valence electrons. The van der Waals surface area contributed by atoms with Gasteiger partial charge in [0.15, 0.2) is 0 Å². The van der Waals surface area contributed by atoms with Crippen LogP contribution in [0.15, 0.2) is 29.2 Å². The van der Waals surface area contributed by atoms with Crippen LogP contribution in [0.2, 0.25) is 0 Å². The van der Waals surface area contributed by atoms with Crippen molar-refractivity contribution in [1.82, 2.24) is 14.1 Å². The summed E-state index contributed by atoms with van der Waals surface area (Å²) < 4.78 is 33.1. The largest absolute Gasteiger partial charge is 0.494 e. The number of piperazine rings is 1. The lowest BCUT2D eigenvalue weighted by molar-refractivity contribution is 0.0740. The van der Waals surface area contributed by atoms with E-state index in [1.54, 1.807) is 28.6 Å². The first-order chi connectivity index (χ1) is 12.3. The van der Waals surface area contributed by atoms with Crippen LogP contribution >= 0.6 is 0 Å². The lowest BCUT2D eigenvalue weighted by atomic mass is 10.1. The van der Waals surface area contributed by atoms with Gasteiger partial charge in [-0.25, -0.2) is 8.42 Å². The van der Waals surface area contributed by atoms with E-state index >= 15 is 0 Å². The zero-order chi connectivity index (χ0) is 19.3.